The van der Waals surface area contributed by atoms with E-state index >= 15 is 0 Å². The molecule has 0 spiro atoms. The molecule has 1 aromatic rings. The minimum absolute atomic E-state index is 0.189. The van der Waals surface area contributed by atoms with Crippen molar-refractivity contribution < 1.29 is 9.26 Å². The minimum Gasteiger partial charge on any atom is -0.380 e. The number of nitrogens with zero attached hydrogens (tertiary/aromatic N) is 4. The normalized spacial score (nSPS) is 22.6. The largest absolute Gasteiger partial charge is 0.380 e. The lowest BCUT2D eigenvalue weighted by Crippen LogP contribution is -2.54. The zero-order valence-electron chi connectivity index (χ0n) is 13.7. The molecule has 0 N–H and O–H groups in total. The number of rotatable bonds is 7. The summed E-state index contributed by atoms with van der Waals surface area (Å²) in [6, 6.07) is 0.764. The van der Waals surface area contributed by atoms with Crippen LogP contribution in [0.15, 0.2) is 4.52 Å². The lowest BCUT2D eigenvalue weighted by atomic mass is 10.1. The Morgan fingerprint density at radius 1 is 1.38 bits per heavy atom. The number of aryl methyl sites for hydroxylation is 1. The van der Waals surface area contributed by atoms with Gasteiger partial charge >= 0.3 is 0 Å². The van der Waals surface area contributed by atoms with Crippen LogP contribution >= 0.6 is 0 Å². The molecule has 1 aromatic heterocycles. The molecule has 0 radical (unpaired) electrons. The van der Waals surface area contributed by atoms with Crippen LogP contribution in [0.5, 0.6) is 0 Å². The highest BCUT2D eigenvalue weighted by Gasteiger charge is 2.30. The highest BCUT2D eigenvalue weighted by molar-refractivity contribution is 4.93. The molecule has 1 saturated heterocycles. The molecule has 2 atom stereocenters. The molecule has 6 heteroatoms. The van der Waals surface area contributed by atoms with Gasteiger partial charge in [0.2, 0.25) is 5.89 Å². The maximum absolute atomic E-state index is 5.49. The van der Waals surface area contributed by atoms with Gasteiger partial charge in [0.25, 0.3) is 0 Å². The standard InChI is InChI=1S/C15H28N4O2/c1-5-14-11-19(8-7-18(14)9-10-20-6-2)12(3)15-16-13(4)17-21-15/h12,14H,5-11H2,1-4H3/t12-,14+/m0/s1. The molecular formula is C15H28N4O2. The summed E-state index contributed by atoms with van der Waals surface area (Å²) in [6.07, 6.45) is 1.15. The first-order valence-electron chi connectivity index (χ1n) is 8.01. The molecule has 1 aliphatic rings. The van der Waals surface area contributed by atoms with E-state index in [1.165, 1.54) is 0 Å². The van der Waals surface area contributed by atoms with Crippen molar-refractivity contribution in [1.29, 1.82) is 0 Å². The number of hydrogen-bond donors (Lipinski definition) is 0. The maximum Gasteiger partial charge on any atom is 0.243 e. The van der Waals surface area contributed by atoms with Gasteiger partial charge in [0.15, 0.2) is 5.82 Å². The third-order valence-corrected chi connectivity index (χ3v) is 4.28. The van der Waals surface area contributed by atoms with Crippen molar-refractivity contribution in [2.24, 2.45) is 0 Å². The van der Waals surface area contributed by atoms with Crippen LogP contribution in [0.1, 0.15) is 44.9 Å². The Balaban J connectivity index is 1.90. The molecule has 0 aromatic carbocycles. The van der Waals surface area contributed by atoms with Gasteiger partial charge in [-0.2, -0.15) is 4.98 Å². The zero-order chi connectivity index (χ0) is 15.2. The quantitative estimate of drug-likeness (QED) is 0.716. The summed E-state index contributed by atoms with van der Waals surface area (Å²) in [7, 11) is 0. The fourth-order valence-electron chi connectivity index (χ4n) is 2.92. The Bertz CT molecular complexity index is 424. The van der Waals surface area contributed by atoms with E-state index in [1.807, 2.05) is 13.8 Å². The highest BCUT2D eigenvalue weighted by atomic mass is 16.5. The Kier molecular flexibility index (Phi) is 6.14. The van der Waals surface area contributed by atoms with E-state index < -0.39 is 0 Å². The third kappa shape index (κ3) is 4.25. The van der Waals surface area contributed by atoms with E-state index in [4.69, 9.17) is 9.26 Å². The third-order valence-electron chi connectivity index (χ3n) is 4.28. The second-order valence-electron chi connectivity index (χ2n) is 5.65. The fourth-order valence-corrected chi connectivity index (χ4v) is 2.92. The zero-order valence-corrected chi connectivity index (χ0v) is 13.7. The predicted octanol–water partition coefficient (Wildman–Crippen LogP) is 1.87. The smallest absolute Gasteiger partial charge is 0.243 e. The van der Waals surface area contributed by atoms with Crippen LogP contribution in [0.2, 0.25) is 0 Å². The van der Waals surface area contributed by atoms with Crippen molar-refractivity contribution >= 4 is 0 Å². The summed E-state index contributed by atoms with van der Waals surface area (Å²) in [6.45, 7) is 14.1. The second kappa shape index (κ2) is 7.87. The summed E-state index contributed by atoms with van der Waals surface area (Å²) in [5.74, 6) is 1.43. The molecule has 1 fully saturated rings. The monoisotopic (exact) mass is 296 g/mol. The predicted molar refractivity (Wildman–Crippen MR) is 81.2 cm³/mol. The van der Waals surface area contributed by atoms with E-state index in [2.05, 4.69) is 33.8 Å². The fraction of sp³-hybridized carbons (Fsp3) is 0.867. The summed E-state index contributed by atoms with van der Waals surface area (Å²) < 4.78 is 10.8. The summed E-state index contributed by atoms with van der Waals surface area (Å²) in [5.41, 5.74) is 0. The van der Waals surface area contributed by atoms with Crippen molar-refractivity contribution in [3.05, 3.63) is 11.7 Å². The van der Waals surface area contributed by atoms with Crippen molar-refractivity contribution in [2.75, 3.05) is 39.4 Å². The highest BCUT2D eigenvalue weighted by Crippen LogP contribution is 2.23. The summed E-state index contributed by atoms with van der Waals surface area (Å²) in [4.78, 5) is 9.35. The molecule has 2 rings (SSSR count). The molecule has 0 unspecified atom stereocenters. The van der Waals surface area contributed by atoms with Crippen molar-refractivity contribution in [3.63, 3.8) is 0 Å². The lowest BCUT2D eigenvalue weighted by Gasteiger charge is -2.42. The van der Waals surface area contributed by atoms with Crippen LogP contribution in [0.25, 0.3) is 0 Å². The second-order valence-corrected chi connectivity index (χ2v) is 5.65. The van der Waals surface area contributed by atoms with Crippen LogP contribution in [0.3, 0.4) is 0 Å². The number of aromatic nitrogens is 2. The van der Waals surface area contributed by atoms with Crippen molar-refractivity contribution in [2.45, 2.75) is 46.2 Å². The summed E-state index contributed by atoms with van der Waals surface area (Å²) >= 11 is 0. The first-order valence-corrected chi connectivity index (χ1v) is 8.01. The van der Waals surface area contributed by atoms with Crippen molar-refractivity contribution in [3.8, 4) is 0 Å². The van der Waals surface area contributed by atoms with Crippen LogP contribution in [-0.2, 0) is 4.74 Å². The van der Waals surface area contributed by atoms with Gasteiger partial charge in [-0.15, -0.1) is 0 Å². The first-order chi connectivity index (χ1) is 10.2. The van der Waals surface area contributed by atoms with Crippen LogP contribution < -0.4 is 0 Å². The van der Waals surface area contributed by atoms with E-state index in [-0.39, 0.29) is 6.04 Å². The lowest BCUT2D eigenvalue weighted by molar-refractivity contribution is 0.0214. The van der Waals surface area contributed by atoms with Gasteiger partial charge in [-0.3, -0.25) is 9.80 Å². The molecule has 0 amide bonds. The topological polar surface area (TPSA) is 54.6 Å². The van der Waals surface area contributed by atoms with Gasteiger partial charge in [0.1, 0.15) is 0 Å². The SMILES string of the molecule is CCOCCN1CCN([C@@H](C)c2nc(C)no2)C[C@H]1CC. The van der Waals surface area contributed by atoms with Gasteiger partial charge in [-0.25, -0.2) is 0 Å². The van der Waals surface area contributed by atoms with E-state index in [0.29, 0.717) is 11.9 Å². The molecule has 0 bridgehead atoms. The van der Waals surface area contributed by atoms with E-state index in [0.717, 1.165) is 51.7 Å². The summed E-state index contributed by atoms with van der Waals surface area (Å²) in [5, 5.41) is 3.90. The van der Waals surface area contributed by atoms with Gasteiger partial charge in [-0.1, -0.05) is 12.1 Å². The molecule has 0 aliphatic carbocycles. The molecule has 1 aliphatic heterocycles. The molecule has 120 valence electrons. The van der Waals surface area contributed by atoms with Crippen molar-refractivity contribution in [1.82, 2.24) is 19.9 Å². The molecule has 0 saturated carbocycles. The average Bonchev–Trinajstić information content (AvgIpc) is 2.93. The van der Waals surface area contributed by atoms with Gasteiger partial charge < -0.3 is 9.26 Å². The number of ether oxygens (including phenoxy) is 1. The molecule has 2 heterocycles. The van der Waals surface area contributed by atoms with Crippen LogP contribution in [0.4, 0.5) is 0 Å². The molecular weight excluding hydrogens is 268 g/mol. The first kappa shape index (κ1) is 16.4. The van der Waals surface area contributed by atoms with E-state index in [1.54, 1.807) is 0 Å². The van der Waals surface area contributed by atoms with Gasteiger partial charge in [-0.05, 0) is 27.2 Å². The van der Waals surface area contributed by atoms with Gasteiger partial charge in [0, 0.05) is 38.8 Å². The molecule has 21 heavy (non-hydrogen) atoms. The molecule has 6 nitrogen and oxygen atoms in total. The number of piperazine rings is 1. The maximum atomic E-state index is 5.49. The Hall–Kier alpha value is -0.980. The average molecular weight is 296 g/mol. The Labute approximate surface area is 127 Å². The van der Waals surface area contributed by atoms with Crippen LogP contribution in [-0.4, -0.2) is 65.4 Å². The van der Waals surface area contributed by atoms with E-state index in [9.17, 15) is 0 Å². The Morgan fingerprint density at radius 2 is 2.19 bits per heavy atom. The van der Waals surface area contributed by atoms with Gasteiger partial charge in [0.05, 0.1) is 12.6 Å². The van der Waals surface area contributed by atoms with Crippen LogP contribution in [0, 0.1) is 6.92 Å². The number of hydrogen-bond acceptors (Lipinski definition) is 6. The Morgan fingerprint density at radius 3 is 2.81 bits per heavy atom. The minimum atomic E-state index is 0.189.